The number of hydrogen-bond acceptors (Lipinski definition) is 6. The van der Waals surface area contributed by atoms with E-state index in [1.54, 1.807) is 18.3 Å². The predicted molar refractivity (Wildman–Crippen MR) is 107 cm³/mol. The molecule has 8 nitrogen and oxygen atoms in total. The molecule has 2 aromatic rings. The van der Waals surface area contributed by atoms with E-state index >= 15 is 0 Å². The fourth-order valence-electron chi connectivity index (χ4n) is 3.87. The zero-order valence-corrected chi connectivity index (χ0v) is 16.3. The molecule has 2 aliphatic rings. The van der Waals surface area contributed by atoms with Crippen molar-refractivity contribution in [3.8, 4) is 0 Å². The van der Waals surface area contributed by atoms with E-state index in [4.69, 9.17) is 9.47 Å². The Balaban J connectivity index is 1.39. The number of aromatic nitrogens is 1. The van der Waals surface area contributed by atoms with Gasteiger partial charge in [0.2, 0.25) is 0 Å². The van der Waals surface area contributed by atoms with E-state index in [1.165, 1.54) is 0 Å². The second-order valence-electron chi connectivity index (χ2n) is 7.40. The molecule has 0 saturated carbocycles. The lowest BCUT2D eigenvalue weighted by atomic mass is 9.95. The number of aliphatic hydroxyl groups is 1. The Morgan fingerprint density at radius 1 is 1.24 bits per heavy atom. The number of nitrogens with zero attached hydrogens (tertiary/aromatic N) is 2. The molecule has 2 amide bonds. The molecule has 2 bridgehead atoms. The second kappa shape index (κ2) is 8.87. The summed E-state index contributed by atoms with van der Waals surface area (Å²) in [6, 6.07) is 13.6. The van der Waals surface area contributed by atoms with E-state index in [0.29, 0.717) is 18.8 Å². The van der Waals surface area contributed by atoms with Crippen molar-refractivity contribution in [3.05, 3.63) is 60.4 Å². The highest BCUT2D eigenvalue weighted by Crippen LogP contribution is 2.31. The van der Waals surface area contributed by atoms with Gasteiger partial charge in [-0.3, -0.25) is 9.88 Å². The number of urea groups is 1. The summed E-state index contributed by atoms with van der Waals surface area (Å²) in [5.41, 5.74) is 1.66. The van der Waals surface area contributed by atoms with E-state index in [0.717, 1.165) is 12.1 Å². The van der Waals surface area contributed by atoms with Gasteiger partial charge in [0.1, 0.15) is 6.10 Å². The van der Waals surface area contributed by atoms with Crippen molar-refractivity contribution in [3.63, 3.8) is 0 Å². The van der Waals surface area contributed by atoms with E-state index in [2.05, 4.69) is 15.6 Å². The maximum Gasteiger partial charge on any atom is 0.319 e. The molecular formula is C21H26N4O4. The van der Waals surface area contributed by atoms with E-state index in [-0.39, 0.29) is 18.2 Å². The van der Waals surface area contributed by atoms with Crippen molar-refractivity contribution in [2.24, 2.45) is 0 Å². The van der Waals surface area contributed by atoms with Crippen LogP contribution in [0.2, 0.25) is 0 Å². The molecule has 0 radical (unpaired) electrons. The largest absolute Gasteiger partial charge is 0.389 e. The number of hydrogen-bond donors (Lipinski definition) is 3. The molecule has 8 heteroatoms. The van der Waals surface area contributed by atoms with Crippen LogP contribution in [0.15, 0.2) is 54.7 Å². The average molecular weight is 398 g/mol. The van der Waals surface area contributed by atoms with Crippen LogP contribution in [-0.2, 0) is 15.9 Å². The fourth-order valence-corrected chi connectivity index (χ4v) is 3.87. The number of pyridine rings is 1. The number of amides is 2. The van der Waals surface area contributed by atoms with Crippen molar-refractivity contribution < 1.29 is 19.4 Å². The number of para-hydroxylation sites is 1. The summed E-state index contributed by atoms with van der Waals surface area (Å²) >= 11 is 0. The first-order chi connectivity index (χ1) is 14.1. The number of likely N-dealkylation sites (N-methyl/N-ethyl adjacent to an activating group) is 1. The first-order valence-electron chi connectivity index (χ1n) is 9.79. The minimum atomic E-state index is -0.823. The summed E-state index contributed by atoms with van der Waals surface area (Å²) in [7, 11) is 1.92. The summed E-state index contributed by atoms with van der Waals surface area (Å²) < 4.78 is 11.7. The topological polar surface area (TPSA) is 96.0 Å². The minimum absolute atomic E-state index is 0.336. The number of rotatable bonds is 6. The maximum absolute atomic E-state index is 12.4. The number of benzene rings is 1. The quantitative estimate of drug-likeness (QED) is 0.677. The standard InChI is InChI=1S/C21H26N4O4/c1-25(12-10-14-7-5-6-11-22-14)18-19(26)17(16-13-28-20(18)29-16)24-21(27)23-15-8-3-2-4-9-15/h2-9,11,16-20,26H,10,12-13H2,1H3,(H2,23,24,27). The zero-order chi connectivity index (χ0) is 20.2. The highest BCUT2D eigenvalue weighted by atomic mass is 16.7. The van der Waals surface area contributed by atoms with Crippen LogP contribution in [0.1, 0.15) is 5.69 Å². The summed E-state index contributed by atoms with van der Waals surface area (Å²) in [6.07, 6.45) is 0.792. The normalized spacial score (nSPS) is 28.3. The lowest BCUT2D eigenvalue weighted by molar-refractivity contribution is -0.176. The molecule has 2 fully saturated rings. The Morgan fingerprint density at radius 2 is 2.03 bits per heavy atom. The number of carbonyl (C=O) groups is 1. The van der Waals surface area contributed by atoms with Gasteiger partial charge in [0, 0.05) is 30.5 Å². The maximum atomic E-state index is 12.4. The van der Waals surface area contributed by atoms with Gasteiger partial charge in [0.25, 0.3) is 0 Å². The first-order valence-corrected chi connectivity index (χ1v) is 9.79. The molecule has 1 aromatic heterocycles. The fraction of sp³-hybridized carbons (Fsp3) is 0.429. The number of fused-ring (bicyclic) bond motifs is 2. The van der Waals surface area contributed by atoms with Crippen molar-refractivity contribution in [2.45, 2.75) is 37.0 Å². The molecule has 2 aliphatic heterocycles. The molecule has 4 rings (SSSR count). The van der Waals surface area contributed by atoms with Crippen molar-refractivity contribution >= 4 is 11.7 Å². The molecule has 2 saturated heterocycles. The minimum Gasteiger partial charge on any atom is -0.389 e. The van der Waals surface area contributed by atoms with Crippen LogP contribution in [-0.4, -0.2) is 71.8 Å². The van der Waals surface area contributed by atoms with Gasteiger partial charge in [0.05, 0.1) is 24.8 Å². The smallest absolute Gasteiger partial charge is 0.319 e. The number of ether oxygens (including phenoxy) is 2. The second-order valence-corrected chi connectivity index (χ2v) is 7.40. The van der Waals surface area contributed by atoms with Gasteiger partial charge in [-0.1, -0.05) is 24.3 Å². The molecule has 3 heterocycles. The number of nitrogens with one attached hydrogen (secondary N) is 2. The third-order valence-corrected chi connectivity index (χ3v) is 5.42. The molecule has 1 aromatic carbocycles. The van der Waals surface area contributed by atoms with Gasteiger partial charge in [-0.25, -0.2) is 4.79 Å². The Kier molecular flexibility index (Phi) is 6.05. The summed E-state index contributed by atoms with van der Waals surface area (Å²) in [5, 5.41) is 16.7. The Bertz CT molecular complexity index is 807. The molecule has 5 atom stereocenters. The Morgan fingerprint density at radius 3 is 2.79 bits per heavy atom. The number of anilines is 1. The van der Waals surface area contributed by atoms with E-state index in [1.807, 2.05) is 48.3 Å². The number of carbonyl (C=O) groups excluding carboxylic acids is 1. The third-order valence-electron chi connectivity index (χ3n) is 5.42. The van der Waals surface area contributed by atoms with Crippen molar-refractivity contribution in [1.29, 1.82) is 0 Å². The lowest BCUT2D eigenvalue weighted by Gasteiger charge is -2.42. The highest BCUT2D eigenvalue weighted by molar-refractivity contribution is 5.89. The lowest BCUT2D eigenvalue weighted by Crippen LogP contribution is -2.65. The molecule has 29 heavy (non-hydrogen) atoms. The van der Waals surface area contributed by atoms with Crippen LogP contribution in [0.3, 0.4) is 0 Å². The SMILES string of the molecule is CN(CCc1ccccn1)C1C2OCC(O2)C(NC(=O)Nc2ccccc2)C1O. The van der Waals surface area contributed by atoms with E-state index in [9.17, 15) is 9.90 Å². The van der Waals surface area contributed by atoms with Crippen LogP contribution in [0.25, 0.3) is 0 Å². The van der Waals surface area contributed by atoms with Crippen LogP contribution in [0.5, 0.6) is 0 Å². The average Bonchev–Trinajstić information content (AvgIpc) is 3.16. The molecule has 0 aliphatic carbocycles. The molecule has 5 unspecified atom stereocenters. The molecular weight excluding hydrogens is 372 g/mol. The van der Waals surface area contributed by atoms with Crippen molar-refractivity contribution in [1.82, 2.24) is 15.2 Å². The van der Waals surface area contributed by atoms with Crippen LogP contribution < -0.4 is 10.6 Å². The van der Waals surface area contributed by atoms with Crippen LogP contribution in [0, 0.1) is 0 Å². The van der Waals surface area contributed by atoms with Gasteiger partial charge in [-0.2, -0.15) is 0 Å². The van der Waals surface area contributed by atoms with Gasteiger partial charge >= 0.3 is 6.03 Å². The van der Waals surface area contributed by atoms with Crippen LogP contribution >= 0.6 is 0 Å². The molecule has 0 spiro atoms. The Hall–Kier alpha value is -2.52. The van der Waals surface area contributed by atoms with Gasteiger partial charge < -0.3 is 25.2 Å². The van der Waals surface area contributed by atoms with Gasteiger partial charge in [-0.05, 0) is 31.3 Å². The predicted octanol–water partition coefficient (Wildman–Crippen LogP) is 1.23. The third kappa shape index (κ3) is 4.56. The zero-order valence-electron chi connectivity index (χ0n) is 16.3. The van der Waals surface area contributed by atoms with Crippen molar-refractivity contribution in [2.75, 3.05) is 25.5 Å². The summed E-state index contributed by atoms with van der Waals surface area (Å²) in [6.45, 7) is 1.01. The molecule has 3 N–H and O–H groups in total. The summed E-state index contributed by atoms with van der Waals surface area (Å²) in [4.78, 5) is 18.8. The van der Waals surface area contributed by atoms with E-state index < -0.39 is 18.4 Å². The monoisotopic (exact) mass is 398 g/mol. The highest BCUT2D eigenvalue weighted by Gasteiger charge is 2.51. The Labute approximate surface area is 169 Å². The van der Waals surface area contributed by atoms with Gasteiger partial charge in [0.15, 0.2) is 6.29 Å². The van der Waals surface area contributed by atoms with Crippen LogP contribution in [0.4, 0.5) is 10.5 Å². The van der Waals surface area contributed by atoms with Gasteiger partial charge in [-0.15, -0.1) is 0 Å². The summed E-state index contributed by atoms with van der Waals surface area (Å²) in [5.74, 6) is 0. The number of aliphatic hydroxyl groups excluding tert-OH is 1. The first kappa shape index (κ1) is 19.8. The molecule has 154 valence electrons.